The Hall–Kier alpha value is -0.680. The molecule has 1 atom stereocenters. The molecular weight excluding hydrogens is 416 g/mol. The summed E-state index contributed by atoms with van der Waals surface area (Å²) in [6, 6.07) is 11.0. The van der Waals surface area contributed by atoms with E-state index in [1.165, 1.54) is 0 Å². The fraction of sp³-hybridized carbons (Fsp3) is 0.368. The van der Waals surface area contributed by atoms with Crippen molar-refractivity contribution in [2.24, 2.45) is 0 Å². The summed E-state index contributed by atoms with van der Waals surface area (Å²) in [5.41, 5.74) is 1.90. The van der Waals surface area contributed by atoms with E-state index in [2.05, 4.69) is 5.32 Å². The van der Waals surface area contributed by atoms with Gasteiger partial charge in [-0.15, -0.1) is 12.4 Å². The number of rotatable bonds is 7. The quantitative estimate of drug-likeness (QED) is 0.584. The fourth-order valence-electron chi connectivity index (χ4n) is 2.79. The minimum absolute atomic E-state index is 0. The summed E-state index contributed by atoms with van der Waals surface area (Å²) in [5.74, 6) is 0.787. The van der Waals surface area contributed by atoms with E-state index >= 15 is 0 Å². The van der Waals surface area contributed by atoms with Crippen LogP contribution in [0.1, 0.15) is 24.0 Å². The first-order valence-corrected chi connectivity index (χ1v) is 9.42. The van der Waals surface area contributed by atoms with Gasteiger partial charge in [-0.3, -0.25) is 0 Å². The van der Waals surface area contributed by atoms with Gasteiger partial charge in [0.25, 0.3) is 0 Å². The van der Waals surface area contributed by atoms with E-state index < -0.39 is 0 Å². The summed E-state index contributed by atoms with van der Waals surface area (Å²) in [7, 11) is 0. The third-order valence-electron chi connectivity index (χ3n) is 4.13. The lowest BCUT2D eigenvalue weighted by molar-refractivity contribution is 0.110. The SMILES string of the molecule is Cl.Clc1ccc(COc2ccc(Cl)cc2CNCC2CCCO2)c(Cl)c1. The first-order valence-electron chi connectivity index (χ1n) is 8.29. The second-order valence-corrected chi connectivity index (χ2v) is 7.32. The summed E-state index contributed by atoms with van der Waals surface area (Å²) in [6.45, 7) is 2.73. The molecule has 1 heterocycles. The normalized spacial score (nSPS) is 16.3. The largest absolute Gasteiger partial charge is 0.489 e. The van der Waals surface area contributed by atoms with Gasteiger partial charge in [-0.1, -0.05) is 40.9 Å². The maximum absolute atomic E-state index is 6.21. The Labute approximate surface area is 175 Å². The van der Waals surface area contributed by atoms with Crippen LogP contribution in [0.2, 0.25) is 15.1 Å². The van der Waals surface area contributed by atoms with Crippen molar-refractivity contribution in [1.29, 1.82) is 0 Å². The van der Waals surface area contributed by atoms with Crippen LogP contribution in [0, 0.1) is 0 Å². The second kappa shape index (κ2) is 10.6. The third-order valence-corrected chi connectivity index (χ3v) is 4.95. The van der Waals surface area contributed by atoms with Crippen LogP contribution in [-0.4, -0.2) is 19.3 Å². The van der Waals surface area contributed by atoms with Crippen LogP contribution in [-0.2, 0) is 17.9 Å². The molecule has 0 spiro atoms. The van der Waals surface area contributed by atoms with E-state index in [0.29, 0.717) is 34.3 Å². The van der Waals surface area contributed by atoms with Crippen LogP contribution in [0.25, 0.3) is 0 Å². The Morgan fingerprint density at radius 3 is 2.54 bits per heavy atom. The highest BCUT2D eigenvalue weighted by molar-refractivity contribution is 6.35. The molecule has 142 valence electrons. The minimum atomic E-state index is 0. The molecule has 1 aliphatic heterocycles. The smallest absolute Gasteiger partial charge is 0.124 e. The summed E-state index contributed by atoms with van der Waals surface area (Å²) in [4.78, 5) is 0. The van der Waals surface area contributed by atoms with Crippen LogP contribution in [0.5, 0.6) is 5.75 Å². The van der Waals surface area contributed by atoms with Crippen molar-refractivity contribution in [3.63, 3.8) is 0 Å². The van der Waals surface area contributed by atoms with Crippen molar-refractivity contribution in [3.05, 3.63) is 62.6 Å². The molecule has 0 aromatic heterocycles. The highest BCUT2D eigenvalue weighted by atomic mass is 35.5. The molecule has 1 saturated heterocycles. The van der Waals surface area contributed by atoms with Gasteiger partial charge in [0.2, 0.25) is 0 Å². The zero-order chi connectivity index (χ0) is 17.6. The van der Waals surface area contributed by atoms with Crippen molar-refractivity contribution in [2.45, 2.75) is 32.1 Å². The van der Waals surface area contributed by atoms with Crippen molar-refractivity contribution >= 4 is 47.2 Å². The minimum Gasteiger partial charge on any atom is -0.489 e. The first-order chi connectivity index (χ1) is 12.1. The van der Waals surface area contributed by atoms with Crippen molar-refractivity contribution in [3.8, 4) is 5.75 Å². The molecule has 0 aliphatic carbocycles. The maximum atomic E-state index is 6.21. The zero-order valence-corrected chi connectivity index (χ0v) is 17.2. The first kappa shape index (κ1) is 21.6. The maximum Gasteiger partial charge on any atom is 0.124 e. The summed E-state index contributed by atoms with van der Waals surface area (Å²) < 4.78 is 11.6. The van der Waals surface area contributed by atoms with Crippen LogP contribution < -0.4 is 10.1 Å². The number of benzene rings is 2. The van der Waals surface area contributed by atoms with Crippen molar-refractivity contribution in [2.75, 3.05) is 13.2 Å². The topological polar surface area (TPSA) is 30.5 Å². The fourth-order valence-corrected chi connectivity index (χ4v) is 3.45. The summed E-state index contributed by atoms with van der Waals surface area (Å²) >= 11 is 18.3. The average molecular weight is 437 g/mol. The number of hydrogen-bond acceptors (Lipinski definition) is 3. The van der Waals surface area contributed by atoms with E-state index in [1.807, 2.05) is 24.3 Å². The Balaban J connectivity index is 0.00000243. The van der Waals surface area contributed by atoms with Crippen LogP contribution in [0.4, 0.5) is 0 Å². The van der Waals surface area contributed by atoms with Crippen LogP contribution in [0.3, 0.4) is 0 Å². The predicted molar refractivity (Wildman–Crippen MR) is 110 cm³/mol. The van der Waals surface area contributed by atoms with Gasteiger partial charge < -0.3 is 14.8 Å². The molecule has 3 nitrogen and oxygen atoms in total. The lowest BCUT2D eigenvalue weighted by Crippen LogP contribution is -2.26. The lowest BCUT2D eigenvalue weighted by Gasteiger charge is -2.15. The Bertz CT molecular complexity index is 721. The van der Waals surface area contributed by atoms with Crippen LogP contribution >= 0.6 is 47.2 Å². The van der Waals surface area contributed by atoms with E-state index in [-0.39, 0.29) is 12.4 Å². The van der Waals surface area contributed by atoms with E-state index in [1.54, 1.807) is 12.1 Å². The third kappa shape index (κ3) is 6.19. The van der Waals surface area contributed by atoms with Gasteiger partial charge in [-0.2, -0.15) is 0 Å². The number of nitrogens with one attached hydrogen (secondary N) is 1. The number of ether oxygens (including phenoxy) is 2. The van der Waals surface area contributed by atoms with Crippen molar-refractivity contribution < 1.29 is 9.47 Å². The van der Waals surface area contributed by atoms with Gasteiger partial charge in [0, 0.05) is 45.9 Å². The Morgan fingerprint density at radius 1 is 1.04 bits per heavy atom. The standard InChI is InChI=1S/C19H20Cl3NO2.ClH/c20-15-5-6-19(25-12-13-3-4-16(21)9-18(13)22)14(8-15)10-23-11-17-2-1-7-24-17;/h3-6,8-9,17,23H,1-2,7,10-12H2;1H. The molecule has 1 N–H and O–H groups in total. The molecule has 1 unspecified atom stereocenters. The number of hydrogen-bond donors (Lipinski definition) is 1. The average Bonchev–Trinajstić information content (AvgIpc) is 3.09. The predicted octanol–water partition coefficient (Wildman–Crippen LogP) is 5.92. The molecule has 1 fully saturated rings. The van der Waals surface area contributed by atoms with E-state index in [0.717, 1.165) is 42.9 Å². The number of halogens is 4. The molecule has 2 aromatic rings. The molecule has 0 amide bonds. The van der Waals surface area contributed by atoms with Gasteiger partial charge in [0.15, 0.2) is 0 Å². The van der Waals surface area contributed by atoms with Gasteiger partial charge in [0.1, 0.15) is 12.4 Å². The van der Waals surface area contributed by atoms with Crippen LogP contribution in [0.15, 0.2) is 36.4 Å². The second-order valence-electron chi connectivity index (χ2n) is 6.04. The summed E-state index contributed by atoms with van der Waals surface area (Å²) in [5, 5.41) is 5.31. The molecule has 0 saturated carbocycles. The zero-order valence-electron chi connectivity index (χ0n) is 14.1. The highest BCUT2D eigenvalue weighted by Crippen LogP contribution is 2.26. The molecule has 0 radical (unpaired) electrons. The molecule has 7 heteroatoms. The summed E-state index contributed by atoms with van der Waals surface area (Å²) in [6.07, 6.45) is 2.55. The molecule has 26 heavy (non-hydrogen) atoms. The van der Waals surface area contributed by atoms with Gasteiger partial charge >= 0.3 is 0 Å². The Morgan fingerprint density at radius 2 is 1.81 bits per heavy atom. The van der Waals surface area contributed by atoms with E-state index in [4.69, 9.17) is 44.3 Å². The molecular formula is C19H21Cl4NO2. The van der Waals surface area contributed by atoms with Crippen molar-refractivity contribution in [1.82, 2.24) is 5.32 Å². The molecule has 3 rings (SSSR count). The molecule has 0 bridgehead atoms. The monoisotopic (exact) mass is 435 g/mol. The van der Waals surface area contributed by atoms with Gasteiger partial charge in [-0.25, -0.2) is 0 Å². The van der Waals surface area contributed by atoms with Gasteiger partial charge in [-0.05, 0) is 43.2 Å². The van der Waals surface area contributed by atoms with E-state index in [9.17, 15) is 0 Å². The van der Waals surface area contributed by atoms with Gasteiger partial charge in [0.05, 0.1) is 6.10 Å². The lowest BCUT2D eigenvalue weighted by atomic mass is 10.2. The molecule has 2 aromatic carbocycles. The molecule has 1 aliphatic rings. The Kier molecular flexibility index (Phi) is 8.82. The highest BCUT2D eigenvalue weighted by Gasteiger charge is 2.15.